The minimum atomic E-state index is -0.219. The molecule has 8 nitrogen and oxygen atoms in total. The van der Waals surface area contributed by atoms with Crippen LogP contribution in [0.15, 0.2) is 65.4 Å². The van der Waals surface area contributed by atoms with Crippen LogP contribution in [-0.4, -0.2) is 66.0 Å². The Bertz CT molecular complexity index is 1250. The normalized spacial score (nSPS) is 11.5. The third-order valence-corrected chi connectivity index (χ3v) is 6.00. The minimum absolute atomic E-state index is 0.219. The molecule has 0 spiro atoms. The van der Waals surface area contributed by atoms with E-state index in [-0.39, 0.29) is 5.91 Å². The molecule has 0 atom stereocenters. The molecule has 36 heavy (non-hydrogen) atoms. The van der Waals surface area contributed by atoms with E-state index in [1.165, 1.54) is 22.8 Å². The van der Waals surface area contributed by atoms with Gasteiger partial charge in [0.25, 0.3) is 5.91 Å². The summed E-state index contributed by atoms with van der Waals surface area (Å²) in [7, 11) is 3.94. The molecule has 0 bridgehead atoms. The van der Waals surface area contributed by atoms with Gasteiger partial charge in [0.1, 0.15) is 12.0 Å². The third kappa shape index (κ3) is 6.96. The molecule has 2 N–H and O–H groups in total. The first-order chi connectivity index (χ1) is 17.5. The van der Waals surface area contributed by atoms with Gasteiger partial charge in [-0.05, 0) is 56.8 Å². The number of nitrogens with one attached hydrogen (secondary N) is 2. The molecule has 8 heteroatoms. The quantitative estimate of drug-likeness (QED) is 0.294. The highest BCUT2D eigenvalue weighted by molar-refractivity contribution is 5.91. The highest BCUT2D eigenvalue weighted by Crippen LogP contribution is 2.20. The van der Waals surface area contributed by atoms with Crippen molar-refractivity contribution in [3.63, 3.8) is 0 Å². The first-order valence-corrected chi connectivity index (χ1v) is 12.4. The van der Waals surface area contributed by atoms with E-state index in [1.54, 1.807) is 0 Å². The molecule has 4 rings (SSSR count). The highest BCUT2D eigenvalue weighted by Gasteiger charge is 2.16. The molecular weight excluding hydrogens is 454 g/mol. The number of aromatic nitrogens is 2. The van der Waals surface area contributed by atoms with E-state index < -0.39 is 0 Å². The summed E-state index contributed by atoms with van der Waals surface area (Å²) in [4.78, 5) is 24.6. The largest absolute Gasteiger partial charge is 0.494 e. The predicted octanol–water partition coefficient (Wildman–Crippen LogP) is 4.09. The average Bonchev–Trinajstić information content (AvgIpc) is 3.51. The predicted molar refractivity (Wildman–Crippen MR) is 141 cm³/mol. The van der Waals surface area contributed by atoms with E-state index in [9.17, 15) is 4.79 Å². The van der Waals surface area contributed by atoms with Crippen molar-refractivity contribution in [3.8, 4) is 5.75 Å². The minimum Gasteiger partial charge on any atom is -0.494 e. The van der Waals surface area contributed by atoms with Gasteiger partial charge in [0.05, 0.1) is 13.2 Å². The Morgan fingerprint density at radius 3 is 2.67 bits per heavy atom. The number of para-hydroxylation sites is 1. The van der Waals surface area contributed by atoms with Gasteiger partial charge in [0.15, 0.2) is 5.69 Å². The molecule has 2 aromatic heterocycles. The lowest BCUT2D eigenvalue weighted by atomic mass is 10.1. The summed E-state index contributed by atoms with van der Waals surface area (Å²) >= 11 is 0. The number of hydrogen-bond acceptors (Lipinski definition) is 6. The number of fused-ring (bicyclic) bond motifs is 1. The molecule has 0 saturated carbocycles. The van der Waals surface area contributed by atoms with Crippen molar-refractivity contribution >= 4 is 16.8 Å². The maximum absolute atomic E-state index is 12.4. The molecule has 2 aromatic carbocycles. The zero-order valence-corrected chi connectivity index (χ0v) is 21.3. The van der Waals surface area contributed by atoms with Crippen LogP contribution in [0.4, 0.5) is 0 Å². The molecule has 1 amide bonds. The van der Waals surface area contributed by atoms with Crippen LogP contribution in [0, 0.1) is 0 Å². The van der Waals surface area contributed by atoms with Crippen LogP contribution in [0.25, 0.3) is 10.9 Å². The summed E-state index contributed by atoms with van der Waals surface area (Å²) in [5.41, 5.74) is 3.89. The number of oxazole rings is 1. The summed E-state index contributed by atoms with van der Waals surface area (Å²) < 4.78 is 11.3. The molecule has 0 unspecified atom stereocenters. The van der Waals surface area contributed by atoms with Crippen molar-refractivity contribution in [2.75, 3.05) is 40.3 Å². The number of likely N-dealkylation sites (N-methyl/N-ethyl adjacent to an activating group) is 1. The zero-order chi connectivity index (χ0) is 25.3. The fraction of sp³-hybridized carbons (Fsp3) is 0.357. The number of rotatable bonds is 13. The van der Waals surface area contributed by atoms with Crippen LogP contribution in [0.3, 0.4) is 0 Å². The van der Waals surface area contributed by atoms with Gasteiger partial charge >= 0.3 is 0 Å². The number of ether oxygens (including phenoxy) is 1. The molecule has 0 aliphatic rings. The number of H-pyrrole nitrogens is 1. The van der Waals surface area contributed by atoms with Gasteiger partial charge in [-0.15, -0.1) is 0 Å². The van der Waals surface area contributed by atoms with Crippen molar-refractivity contribution in [1.82, 2.24) is 25.1 Å². The lowest BCUT2D eigenvalue weighted by Gasteiger charge is -2.21. The molecule has 0 fully saturated rings. The maximum atomic E-state index is 12.4. The lowest BCUT2D eigenvalue weighted by Crippen LogP contribution is -2.31. The van der Waals surface area contributed by atoms with Gasteiger partial charge in [-0.3, -0.25) is 9.69 Å². The third-order valence-electron chi connectivity index (χ3n) is 6.00. The Kier molecular flexibility index (Phi) is 8.76. The molecule has 0 saturated heterocycles. The van der Waals surface area contributed by atoms with Crippen molar-refractivity contribution in [1.29, 1.82) is 0 Å². The monoisotopic (exact) mass is 489 g/mol. The second kappa shape index (κ2) is 12.4. The second-order valence-electron chi connectivity index (χ2n) is 9.08. The number of amides is 1. The SMILES string of the molecule is CCOc1ccc(CN(CCc2c[nH]c3ccccc23)Cc2nc(C(=O)NCCN(C)C)co2)cc1. The standard InChI is InChI=1S/C28H35N5O3/c1-4-35-23-11-9-21(10-12-23)18-33(15-13-22-17-30-25-8-6-5-7-24(22)25)19-27-31-26(20-36-27)28(34)29-14-16-32(2)3/h5-12,17,20,30H,4,13-16,18-19H2,1-3H3,(H,29,34). The summed E-state index contributed by atoms with van der Waals surface area (Å²) in [5.74, 6) is 1.17. The van der Waals surface area contributed by atoms with E-state index >= 15 is 0 Å². The molecule has 0 aliphatic heterocycles. The summed E-state index contributed by atoms with van der Waals surface area (Å²) in [5, 5.41) is 4.12. The highest BCUT2D eigenvalue weighted by atomic mass is 16.5. The van der Waals surface area contributed by atoms with Crippen LogP contribution < -0.4 is 10.1 Å². The van der Waals surface area contributed by atoms with E-state index in [0.717, 1.165) is 37.3 Å². The van der Waals surface area contributed by atoms with E-state index in [4.69, 9.17) is 9.15 Å². The number of carbonyl (C=O) groups is 1. The Hall–Kier alpha value is -3.62. The Labute approximate surface area is 212 Å². The van der Waals surface area contributed by atoms with Crippen molar-refractivity contribution in [2.45, 2.75) is 26.4 Å². The first-order valence-electron chi connectivity index (χ1n) is 12.4. The summed E-state index contributed by atoms with van der Waals surface area (Å²) in [6.45, 7) is 5.98. The van der Waals surface area contributed by atoms with Gasteiger partial charge in [-0.1, -0.05) is 30.3 Å². The van der Waals surface area contributed by atoms with E-state index in [2.05, 4.69) is 56.7 Å². The Morgan fingerprint density at radius 2 is 1.89 bits per heavy atom. The van der Waals surface area contributed by atoms with Gasteiger partial charge < -0.3 is 24.4 Å². The molecule has 0 aliphatic carbocycles. The smallest absolute Gasteiger partial charge is 0.273 e. The van der Waals surface area contributed by atoms with Gasteiger partial charge in [-0.25, -0.2) is 4.98 Å². The fourth-order valence-corrected chi connectivity index (χ4v) is 4.11. The van der Waals surface area contributed by atoms with Crippen LogP contribution in [0.1, 0.15) is 34.4 Å². The first kappa shape index (κ1) is 25.5. The van der Waals surface area contributed by atoms with Crippen molar-refractivity contribution < 1.29 is 13.9 Å². The average molecular weight is 490 g/mol. The topological polar surface area (TPSA) is 86.6 Å². The number of carbonyl (C=O) groups excluding carboxylic acids is 1. The van der Waals surface area contributed by atoms with Crippen LogP contribution >= 0.6 is 0 Å². The summed E-state index contributed by atoms with van der Waals surface area (Å²) in [6.07, 6.45) is 4.40. The number of hydrogen-bond donors (Lipinski definition) is 2. The van der Waals surface area contributed by atoms with Crippen LogP contribution in [-0.2, 0) is 19.5 Å². The summed E-state index contributed by atoms with van der Waals surface area (Å²) in [6, 6.07) is 16.5. The number of benzene rings is 2. The lowest BCUT2D eigenvalue weighted by molar-refractivity contribution is 0.0946. The second-order valence-corrected chi connectivity index (χ2v) is 9.08. The number of aromatic amines is 1. The van der Waals surface area contributed by atoms with Crippen LogP contribution in [0.5, 0.6) is 5.75 Å². The molecule has 2 heterocycles. The maximum Gasteiger partial charge on any atom is 0.273 e. The van der Waals surface area contributed by atoms with Gasteiger partial charge in [0, 0.05) is 43.3 Å². The van der Waals surface area contributed by atoms with Crippen LogP contribution in [0.2, 0.25) is 0 Å². The van der Waals surface area contributed by atoms with E-state index in [0.29, 0.717) is 31.3 Å². The molecule has 4 aromatic rings. The fourth-order valence-electron chi connectivity index (χ4n) is 4.11. The Balaban J connectivity index is 1.44. The molecule has 190 valence electrons. The van der Waals surface area contributed by atoms with Crippen molar-refractivity contribution in [2.24, 2.45) is 0 Å². The van der Waals surface area contributed by atoms with Crippen molar-refractivity contribution in [3.05, 3.63) is 83.7 Å². The molecule has 0 radical (unpaired) electrons. The Morgan fingerprint density at radius 1 is 1.08 bits per heavy atom. The van der Waals surface area contributed by atoms with Gasteiger partial charge in [-0.2, -0.15) is 0 Å². The van der Waals surface area contributed by atoms with Gasteiger partial charge in [0.2, 0.25) is 5.89 Å². The zero-order valence-electron chi connectivity index (χ0n) is 21.3. The molecular formula is C28H35N5O3. The van der Waals surface area contributed by atoms with E-state index in [1.807, 2.05) is 44.1 Å². The number of nitrogens with zero attached hydrogens (tertiary/aromatic N) is 3.